The Balaban J connectivity index is 1.74. The lowest BCUT2D eigenvalue weighted by Gasteiger charge is -2.49. The number of nitrogens with zero attached hydrogens (tertiary/aromatic N) is 2. The first-order valence-electron chi connectivity index (χ1n) is 8.35. The van der Waals surface area contributed by atoms with Crippen LogP contribution in [0.2, 0.25) is 5.02 Å². The summed E-state index contributed by atoms with van der Waals surface area (Å²) in [7, 11) is 0. The van der Waals surface area contributed by atoms with Gasteiger partial charge in [-0.1, -0.05) is 18.5 Å². The average molecular weight is 355 g/mol. The number of anilines is 1. The van der Waals surface area contributed by atoms with Gasteiger partial charge in [0.25, 0.3) is 0 Å². The van der Waals surface area contributed by atoms with E-state index in [0.29, 0.717) is 43.6 Å². The molecule has 2 fully saturated rings. The predicted octanol–water partition coefficient (Wildman–Crippen LogP) is 2.44. The number of carboxylic acids is 1. The van der Waals surface area contributed by atoms with Crippen LogP contribution in [-0.2, 0) is 4.74 Å². The van der Waals surface area contributed by atoms with E-state index in [-0.39, 0.29) is 17.4 Å². The van der Waals surface area contributed by atoms with Crippen LogP contribution in [0.5, 0.6) is 0 Å². The minimum atomic E-state index is -1.04. The molecule has 0 aliphatic carbocycles. The van der Waals surface area contributed by atoms with Crippen molar-refractivity contribution in [2.75, 3.05) is 31.2 Å². The summed E-state index contributed by atoms with van der Waals surface area (Å²) in [5.74, 6) is -0.119. The zero-order valence-corrected chi connectivity index (χ0v) is 14.5. The first kappa shape index (κ1) is 17.5. The number of rotatable bonds is 3. The third-order valence-electron chi connectivity index (χ3n) is 5.43. The van der Waals surface area contributed by atoms with E-state index in [1.54, 1.807) is 0 Å². The van der Waals surface area contributed by atoms with Crippen molar-refractivity contribution in [3.63, 3.8) is 0 Å². The first-order valence-corrected chi connectivity index (χ1v) is 8.73. The maximum atomic E-state index is 11.2. The van der Waals surface area contributed by atoms with E-state index in [4.69, 9.17) is 21.4 Å². The number of aliphatic hydroxyl groups is 1. The number of piperidine rings is 1. The average Bonchev–Trinajstić information content (AvgIpc) is 2.58. The van der Waals surface area contributed by atoms with Crippen LogP contribution < -0.4 is 4.90 Å². The zero-order chi connectivity index (χ0) is 17.3. The van der Waals surface area contributed by atoms with Gasteiger partial charge in [-0.25, -0.2) is 9.78 Å². The van der Waals surface area contributed by atoms with Crippen LogP contribution in [0.15, 0.2) is 12.3 Å². The minimum Gasteiger partial charge on any atom is -0.478 e. The van der Waals surface area contributed by atoms with Crippen LogP contribution in [0.25, 0.3) is 0 Å². The highest BCUT2D eigenvalue weighted by molar-refractivity contribution is 6.33. The number of aromatic carboxylic acids is 1. The molecule has 3 rings (SSSR count). The summed E-state index contributed by atoms with van der Waals surface area (Å²) < 4.78 is 5.41. The van der Waals surface area contributed by atoms with Crippen LogP contribution >= 0.6 is 11.6 Å². The standard InChI is InChI=1S/C17H23ClN2O4/c1-11-10-20(15-14(18)8-12(9-19-15)16(21)22)5-4-17(11,23)13-2-6-24-7-3-13/h8-9,11,13,23H,2-7,10H2,1H3,(H,21,22)/t11-,17+/m1/s1. The van der Waals surface area contributed by atoms with Gasteiger partial charge in [-0.15, -0.1) is 0 Å². The molecule has 1 aromatic heterocycles. The van der Waals surface area contributed by atoms with E-state index >= 15 is 0 Å². The Morgan fingerprint density at radius 1 is 1.46 bits per heavy atom. The molecular formula is C17H23ClN2O4. The van der Waals surface area contributed by atoms with E-state index in [1.165, 1.54) is 12.3 Å². The number of hydrogen-bond acceptors (Lipinski definition) is 5. The zero-order valence-electron chi connectivity index (χ0n) is 13.7. The van der Waals surface area contributed by atoms with Crippen molar-refractivity contribution in [3.05, 3.63) is 22.8 Å². The number of aromatic nitrogens is 1. The van der Waals surface area contributed by atoms with Gasteiger partial charge in [-0.2, -0.15) is 0 Å². The van der Waals surface area contributed by atoms with Gasteiger partial charge < -0.3 is 19.8 Å². The topological polar surface area (TPSA) is 82.9 Å². The van der Waals surface area contributed by atoms with E-state index < -0.39 is 11.6 Å². The Labute approximate surface area is 146 Å². The summed E-state index contributed by atoms with van der Waals surface area (Å²) in [5.41, 5.74) is -0.610. The molecule has 6 nitrogen and oxygen atoms in total. The fourth-order valence-corrected chi connectivity index (χ4v) is 4.20. The summed E-state index contributed by atoms with van der Waals surface area (Å²) in [6.07, 6.45) is 3.77. The van der Waals surface area contributed by atoms with Gasteiger partial charge in [-0.05, 0) is 31.2 Å². The second-order valence-electron chi connectivity index (χ2n) is 6.81. The van der Waals surface area contributed by atoms with Crippen LogP contribution in [-0.4, -0.2) is 53.1 Å². The Bertz CT molecular complexity index is 621. The smallest absolute Gasteiger partial charge is 0.337 e. The van der Waals surface area contributed by atoms with Gasteiger partial charge >= 0.3 is 5.97 Å². The van der Waals surface area contributed by atoms with Gasteiger partial charge in [0.2, 0.25) is 0 Å². The number of pyridine rings is 1. The third kappa shape index (κ3) is 3.23. The van der Waals surface area contributed by atoms with Crippen LogP contribution in [0.3, 0.4) is 0 Å². The largest absolute Gasteiger partial charge is 0.478 e. The molecule has 2 atom stereocenters. The lowest BCUT2D eigenvalue weighted by molar-refractivity contribution is -0.108. The first-order chi connectivity index (χ1) is 11.4. The third-order valence-corrected chi connectivity index (χ3v) is 5.70. The normalized spacial score (nSPS) is 28.8. The van der Waals surface area contributed by atoms with Crippen LogP contribution in [0, 0.1) is 11.8 Å². The summed E-state index contributed by atoms with van der Waals surface area (Å²) >= 11 is 6.23. The van der Waals surface area contributed by atoms with Crippen molar-refractivity contribution in [3.8, 4) is 0 Å². The second-order valence-corrected chi connectivity index (χ2v) is 7.22. The molecule has 2 aliphatic rings. The molecule has 0 radical (unpaired) electrons. The Kier molecular flexibility index (Phi) is 4.99. The Hall–Kier alpha value is -1.37. The van der Waals surface area contributed by atoms with Crippen molar-refractivity contribution in [2.45, 2.75) is 31.8 Å². The minimum absolute atomic E-state index is 0.0753. The molecule has 2 N–H and O–H groups in total. The SMILES string of the molecule is C[C@@H]1CN(c2ncc(C(=O)O)cc2Cl)CC[C@@]1(O)C1CCOCC1. The highest BCUT2D eigenvalue weighted by atomic mass is 35.5. The quantitative estimate of drug-likeness (QED) is 0.867. The fourth-order valence-electron chi connectivity index (χ4n) is 3.92. The molecule has 0 saturated carbocycles. The Morgan fingerprint density at radius 2 is 2.17 bits per heavy atom. The highest BCUT2D eigenvalue weighted by Gasteiger charge is 2.45. The predicted molar refractivity (Wildman–Crippen MR) is 90.7 cm³/mol. The molecule has 1 aromatic rings. The molecule has 24 heavy (non-hydrogen) atoms. The molecule has 0 unspecified atom stereocenters. The van der Waals surface area contributed by atoms with Gasteiger partial charge in [0.1, 0.15) is 5.82 Å². The van der Waals surface area contributed by atoms with Crippen molar-refractivity contribution >= 4 is 23.4 Å². The van der Waals surface area contributed by atoms with Crippen molar-refractivity contribution in [1.82, 2.24) is 4.98 Å². The highest BCUT2D eigenvalue weighted by Crippen LogP contribution is 2.41. The monoisotopic (exact) mass is 354 g/mol. The number of hydrogen-bond donors (Lipinski definition) is 2. The Morgan fingerprint density at radius 3 is 2.75 bits per heavy atom. The number of carboxylic acid groups (broad SMARTS) is 1. The molecule has 7 heteroatoms. The maximum Gasteiger partial charge on any atom is 0.337 e. The molecule has 0 amide bonds. The van der Waals surface area contributed by atoms with E-state index in [9.17, 15) is 9.90 Å². The van der Waals surface area contributed by atoms with E-state index in [2.05, 4.69) is 11.9 Å². The van der Waals surface area contributed by atoms with Crippen molar-refractivity contribution < 1.29 is 19.7 Å². The van der Waals surface area contributed by atoms with E-state index in [1.807, 2.05) is 4.90 Å². The van der Waals surface area contributed by atoms with Crippen molar-refractivity contribution in [1.29, 1.82) is 0 Å². The second kappa shape index (κ2) is 6.86. The van der Waals surface area contributed by atoms with Gasteiger partial charge in [0.05, 0.1) is 16.2 Å². The summed E-state index contributed by atoms with van der Waals surface area (Å²) in [6.45, 7) is 4.78. The lowest BCUT2D eigenvalue weighted by atomic mass is 9.70. The molecule has 0 aromatic carbocycles. The van der Waals surface area contributed by atoms with E-state index in [0.717, 1.165) is 12.8 Å². The molecule has 132 valence electrons. The molecule has 2 aliphatic heterocycles. The number of carbonyl (C=O) groups is 1. The molecule has 0 bridgehead atoms. The summed E-state index contributed by atoms with van der Waals surface area (Å²) in [6, 6.07) is 1.43. The molecule has 0 spiro atoms. The number of halogens is 1. The molecule has 2 saturated heterocycles. The summed E-state index contributed by atoms with van der Waals surface area (Å²) in [4.78, 5) is 17.3. The molecular weight excluding hydrogens is 332 g/mol. The van der Waals surface area contributed by atoms with Crippen molar-refractivity contribution in [2.24, 2.45) is 11.8 Å². The fraction of sp³-hybridized carbons (Fsp3) is 0.647. The van der Waals surface area contributed by atoms with Gasteiger partial charge in [0.15, 0.2) is 0 Å². The summed E-state index contributed by atoms with van der Waals surface area (Å²) in [5, 5.41) is 20.5. The van der Waals surface area contributed by atoms with Gasteiger partial charge in [-0.3, -0.25) is 0 Å². The van der Waals surface area contributed by atoms with Crippen LogP contribution in [0.4, 0.5) is 5.82 Å². The maximum absolute atomic E-state index is 11.2. The molecule has 3 heterocycles. The van der Waals surface area contributed by atoms with Gasteiger partial charge in [0, 0.05) is 38.4 Å². The lowest BCUT2D eigenvalue weighted by Crippen LogP contribution is -2.56. The number of ether oxygens (including phenoxy) is 1. The van der Waals surface area contributed by atoms with Crippen LogP contribution in [0.1, 0.15) is 36.5 Å².